The Morgan fingerprint density at radius 3 is 2.40 bits per heavy atom. The number of carbonyl (C=O) groups excluding carboxylic acids is 1. The van der Waals surface area contributed by atoms with Gasteiger partial charge in [-0.15, -0.1) is 0 Å². The first-order chi connectivity index (χ1) is 9.69. The van der Waals surface area contributed by atoms with E-state index < -0.39 is 0 Å². The normalized spacial score (nSPS) is 13.2. The summed E-state index contributed by atoms with van der Waals surface area (Å²) in [6.45, 7) is 3.29. The van der Waals surface area contributed by atoms with Gasteiger partial charge in [0.1, 0.15) is 0 Å². The van der Waals surface area contributed by atoms with E-state index in [1.807, 2.05) is 42.2 Å². The van der Waals surface area contributed by atoms with E-state index in [0.29, 0.717) is 24.3 Å². The molecule has 3 N–H and O–H groups in total. The van der Waals surface area contributed by atoms with Crippen LogP contribution in [0.2, 0.25) is 0 Å². The molecule has 20 heavy (non-hydrogen) atoms. The molecule has 3 rings (SSSR count). The number of amides is 1. The van der Waals surface area contributed by atoms with Crippen LogP contribution in [-0.2, 0) is 13.1 Å². The number of nitrogen functional groups attached to an aromatic ring is 1. The van der Waals surface area contributed by atoms with Crippen LogP contribution in [0.25, 0.3) is 0 Å². The Kier molecular flexibility index (Phi) is 3.16. The molecule has 1 heterocycles. The second-order valence-corrected chi connectivity index (χ2v) is 5.12. The van der Waals surface area contributed by atoms with Crippen molar-refractivity contribution in [2.24, 2.45) is 5.84 Å². The molecule has 0 unspecified atom stereocenters. The van der Waals surface area contributed by atoms with E-state index in [2.05, 4.69) is 17.6 Å². The third kappa shape index (κ3) is 2.14. The third-order valence-electron chi connectivity index (χ3n) is 3.69. The highest BCUT2D eigenvalue weighted by molar-refractivity contribution is 6.00. The van der Waals surface area contributed by atoms with Crippen LogP contribution in [0.1, 0.15) is 27.0 Å². The summed E-state index contributed by atoms with van der Waals surface area (Å²) in [6, 6.07) is 13.8. The van der Waals surface area contributed by atoms with Crippen LogP contribution < -0.4 is 11.3 Å². The van der Waals surface area contributed by atoms with Crippen molar-refractivity contribution in [2.75, 3.05) is 5.43 Å². The summed E-state index contributed by atoms with van der Waals surface area (Å²) < 4.78 is 0. The molecule has 0 atom stereocenters. The molecule has 1 amide bonds. The number of anilines is 1. The zero-order valence-electron chi connectivity index (χ0n) is 11.4. The van der Waals surface area contributed by atoms with Crippen molar-refractivity contribution in [2.45, 2.75) is 20.0 Å². The van der Waals surface area contributed by atoms with E-state index in [4.69, 9.17) is 5.84 Å². The summed E-state index contributed by atoms with van der Waals surface area (Å²) in [4.78, 5) is 14.5. The van der Waals surface area contributed by atoms with Gasteiger partial charge in [-0.25, -0.2) is 0 Å². The van der Waals surface area contributed by atoms with Crippen LogP contribution in [0.5, 0.6) is 0 Å². The Morgan fingerprint density at radius 2 is 1.80 bits per heavy atom. The number of hydrogen-bond donors (Lipinski definition) is 2. The topological polar surface area (TPSA) is 58.4 Å². The van der Waals surface area contributed by atoms with Gasteiger partial charge in [-0.1, -0.05) is 35.9 Å². The lowest BCUT2D eigenvalue weighted by molar-refractivity contribution is 0.0752. The molecule has 0 fully saturated rings. The van der Waals surface area contributed by atoms with Crippen LogP contribution in [0.4, 0.5) is 5.69 Å². The smallest absolute Gasteiger partial charge is 0.256 e. The standard InChI is InChI=1S/C16H17N3O/c1-11-6-7-15(18-17)14(8-11)16(20)19-9-12-4-2-3-5-13(12)10-19/h2-8,18H,9-10,17H2,1H3. The van der Waals surface area contributed by atoms with Gasteiger partial charge < -0.3 is 10.3 Å². The van der Waals surface area contributed by atoms with Gasteiger partial charge in [-0.2, -0.15) is 0 Å². The molecule has 0 saturated carbocycles. The highest BCUT2D eigenvalue weighted by Crippen LogP contribution is 2.26. The van der Waals surface area contributed by atoms with Crippen molar-refractivity contribution in [1.29, 1.82) is 0 Å². The lowest BCUT2D eigenvalue weighted by Crippen LogP contribution is -2.27. The number of nitrogens with zero attached hydrogens (tertiary/aromatic N) is 1. The van der Waals surface area contributed by atoms with Crippen molar-refractivity contribution < 1.29 is 4.79 Å². The molecule has 1 aliphatic heterocycles. The number of nitrogens with one attached hydrogen (secondary N) is 1. The molecule has 0 spiro atoms. The molecular weight excluding hydrogens is 250 g/mol. The maximum atomic E-state index is 12.7. The SMILES string of the molecule is Cc1ccc(NN)c(C(=O)N2Cc3ccccc3C2)c1. The number of benzene rings is 2. The summed E-state index contributed by atoms with van der Waals surface area (Å²) in [6.07, 6.45) is 0. The van der Waals surface area contributed by atoms with Crippen LogP contribution in [0.15, 0.2) is 42.5 Å². The van der Waals surface area contributed by atoms with Crippen molar-refractivity contribution in [3.8, 4) is 0 Å². The average Bonchev–Trinajstić information content (AvgIpc) is 2.90. The lowest BCUT2D eigenvalue weighted by Gasteiger charge is -2.18. The Morgan fingerprint density at radius 1 is 1.15 bits per heavy atom. The number of nitrogens with two attached hydrogens (primary N) is 1. The number of carbonyl (C=O) groups is 1. The van der Waals surface area contributed by atoms with E-state index in [1.54, 1.807) is 0 Å². The molecular formula is C16H17N3O. The van der Waals surface area contributed by atoms with Gasteiger partial charge in [0.15, 0.2) is 0 Å². The van der Waals surface area contributed by atoms with Crippen molar-refractivity contribution in [3.05, 3.63) is 64.7 Å². The second-order valence-electron chi connectivity index (χ2n) is 5.12. The summed E-state index contributed by atoms with van der Waals surface area (Å²) >= 11 is 0. The number of rotatable bonds is 2. The van der Waals surface area contributed by atoms with Gasteiger partial charge in [0.05, 0.1) is 11.3 Å². The molecule has 2 aromatic rings. The largest absolute Gasteiger partial charge is 0.330 e. The first-order valence-corrected chi connectivity index (χ1v) is 6.62. The number of fused-ring (bicyclic) bond motifs is 1. The molecule has 0 aliphatic carbocycles. The summed E-state index contributed by atoms with van der Waals surface area (Å²) in [5.41, 5.74) is 7.37. The number of aryl methyl sites for hydroxylation is 1. The molecule has 2 aromatic carbocycles. The Balaban J connectivity index is 1.90. The zero-order chi connectivity index (χ0) is 14.1. The van der Waals surface area contributed by atoms with Gasteiger partial charge in [-0.05, 0) is 30.2 Å². The van der Waals surface area contributed by atoms with Crippen LogP contribution in [0, 0.1) is 6.92 Å². The first kappa shape index (κ1) is 12.7. The van der Waals surface area contributed by atoms with E-state index in [0.717, 1.165) is 5.56 Å². The molecule has 102 valence electrons. The first-order valence-electron chi connectivity index (χ1n) is 6.62. The minimum absolute atomic E-state index is 0.0119. The summed E-state index contributed by atoms with van der Waals surface area (Å²) in [5.74, 6) is 5.51. The molecule has 4 nitrogen and oxygen atoms in total. The fraction of sp³-hybridized carbons (Fsp3) is 0.188. The highest BCUT2D eigenvalue weighted by atomic mass is 16.2. The predicted molar refractivity (Wildman–Crippen MR) is 79.0 cm³/mol. The number of hydrazine groups is 1. The Labute approximate surface area is 118 Å². The number of hydrogen-bond acceptors (Lipinski definition) is 3. The minimum atomic E-state index is 0.0119. The third-order valence-corrected chi connectivity index (χ3v) is 3.69. The molecule has 0 bridgehead atoms. The van der Waals surface area contributed by atoms with E-state index >= 15 is 0 Å². The monoisotopic (exact) mass is 267 g/mol. The Bertz CT molecular complexity index is 642. The van der Waals surface area contributed by atoms with Crippen molar-refractivity contribution >= 4 is 11.6 Å². The quantitative estimate of drug-likeness (QED) is 0.649. The van der Waals surface area contributed by atoms with Crippen molar-refractivity contribution in [3.63, 3.8) is 0 Å². The van der Waals surface area contributed by atoms with Gasteiger partial charge in [0, 0.05) is 13.1 Å². The molecule has 1 aliphatic rings. The van der Waals surface area contributed by atoms with Gasteiger partial charge in [0.25, 0.3) is 5.91 Å². The van der Waals surface area contributed by atoms with E-state index in [1.165, 1.54) is 11.1 Å². The second kappa shape index (κ2) is 4.98. The zero-order valence-corrected chi connectivity index (χ0v) is 11.4. The van der Waals surface area contributed by atoms with Crippen molar-refractivity contribution in [1.82, 2.24) is 4.90 Å². The van der Waals surface area contributed by atoms with Gasteiger partial charge >= 0.3 is 0 Å². The van der Waals surface area contributed by atoms with Gasteiger partial charge in [0.2, 0.25) is 0 Å². The molecule has 0 radical (unpaired) electrons. The van der Waals surface area contributed by atoms with E-state index in [9.17, 15) is 4.79 Å². The van der Waals surface area contributed by atoms with Crippen LogP contribution >= 0.6 is 0 Å². The average molecular weight is 267 g/mol. The lowest BCUT2D eigenvalue weighted by atomic mass is 10.1. The predicted octanol–water partition coefficient (Wildman–Crippen LogP) is 2.44. The molecule has 0 aromatic heterocycles. The maximum Gasteiger partial charge on any atom is 0.256 e. The highest BCUT2D eigenvalue weighted by Gasteiger charge is 2.25. The molecule has 4 heteroatoms. The summed E-state index contributed by atoms with van der Waals surface area (Å²) in [5, 5.41) is 0. The van der Waals surface area contributed by atoms with Crippen LogP contribution in [0.3, 0.4) is 0 Å². The van der Waals surface area contributed by atoms with E-state index in [-0.39, 0.29) is 5.91 Å². The maximum absolute atomic E-state index is 12.7. The summed E-state index contributed by atoms with van der Waals surface area (Å²) in [7, 11) is 0. The fourth-order valence-corrected chi connectivity index (χ4v) is 2.61. The fourth-order valence-electron chi connectivity index (χ4n) is 2.61. The van der Waals surface area contributed by atoms with Gasteiger partial charge in [-0.3, -0.25) is 10.6 Å². The molecule has 0 saturated heterocycles. The van der Waals surface area contributed by atoms with Crippen LogP contribution in [-0.4, -0.2) is 10.8 Å². The Hall–Kier alpha value is -2.33. The minimum Gasteiger partial charge on any atom is -0.330 e.